The highest BCUT2D eigenvalue weighted by Gasteiger charge is 2.05. The second kappa shape index (κ2) is 6.21. The molecule has 0 aliphatic heterocycles. The molecule has 1 amide bonds. The predicted octanol–water partition coefficient (Wildman–Crippen LogP) is 3.00. The molecular weight excluding hydrogens is 251 g/mol. The van der Waals surface area contributed by atoms with Gasteiger partial charge >= 0.3 is 6.09 Å². The van der Waals surface area contributed by atoms with Gasteiger partial charge in [0, 0.05) is 12.6 Å². The summed E-state index contributed by atoms with van der Waals surface area (Å²) in [6, 6.07) is 6.39. The minimum absolute atomic E-state index is 0.233. The third-order valence-electron chi connectivity index (χ3n) is 1.61. The first-order valence-electron chi connectivity index (χ1n) is 4.41. The lowest BCUT2D eigenvalue weighted by Crippen LogP contribution is -2.27. The number of nitrogens with zero attached hydrogens (tertiary/aromatic N) is 1. The smallest absolute Gasteiger partial charge is 0.410 e. The van der Waals surface area contributed by atoms with E-state index in [4.69, 9.17) is 33.2 Å². The van der Waals surface area contributed by atoms with Crippen molar-refractivity contribution in [2.45, 2.75) is 6.42 Å². The molecule has 0 fully saturated rings. The van der Waals surface area contributed by atoms with E-state index in [1.54, 1.807) is 0 Å². The van der Waals surface area contributed by atoms with Crippen molar-refractivity contribution in [1.82, 2.24) is 5.32 Å². The zero-order chi connectivity index (χ0) is 12.0. The van der Waals surface area contributed by atoms with Crippen LogP contribution in [0.25, 0.3) is 0 Å². The Morgan fingerprint density at radius 2 is 2.19 bits per heavy atom. The first-order valence-corrected chi connectivity index (χ1v) is 5.17. The Hall–Kier alpha value is -1.44. The van der Waals surface area contributed by atoms with Gasteiger partial charge in [0.05, 0.1) is 22.5 Å². The second-order valence-corrected chi connectivity index (χ2v) is 3.61. The number of nitriles is 1. The fraction of sp³-hybridized carbons (Fsp3) is 0.200. The summed E-state index contributed by atoms with van der Waals surface area (Å²) in [4.78, 5) is 11.2. The maximum absolute atomic E-state index is 11.2. The maximum Gasteiger partial charge on any atom is 0.412 e. The molecule has 4 nitrogen and oxygen atoms in total. The monoisotopic (exact) mass is 258 g/mol. The summed E-state index contributed by atoms with van der Waals surface area (Å²) in [6.45, 7) is 0.247. The summed E-state index contributed by atoms with van der Waals surface area (Å²) in [5.41, 5.74) is 0. The van der Waals surface area contributed by atoms with Gasteiger partial charge < -0.3 is 10.1 Å². The number of amides is 1. The van der Waals surface area contributed by atoms with Crippen LogP contribution in [0.4, 0.5) is 4.79 Å². The average molecular weight is 259 g/mol. The first kappa shape index (κ1) is 12.6. The number of rotatable bonds is 3. The average Bonchev–Trinajstić information content (AvgIpc) is 2.24. The Balaban J connectivity index is 2.50. The molecule has 1 rings (SSSR count). The number of carbonyl (C=O) groups is 1. The van der Waals surface area contributed by atoms with Gasteiger partial charge in [0.15, 0.2) is 0 Å². The molecule has 0 saturated carbocycles. The Morgan fingerprint density at radius 1 is 1.44 bits per heavy atom. The van der Waals surface area contributed by atoms with Crippen LogP contribution in [-0.4, -0.2) is 12.6 Å². The molecule has 84 valence electrons. The summed E-state index contributed by atoms with van der Waals surface area (Å²) in [5, 5.41) is 11.4. The summed E-state index contributed by atoms with van der Waals surface area (Å²) >= 11 is 11.4. The van der Waals surface area contributed by atoms with Crippen LogP contribution in [0.1, 0.15) is 6.42 Å². The summed E-state index contributed by atoms with van der Waals surface area (Å²) in [5.74, 6) is 0.295. The van der Waals surface area contributed by atoms with Crippen LogP contribution in [0.15, 0.2) is 18.2 Å². The van der Waals surface area contributed by atoms with Gasteiger partial charge in [-0.15, -0.1) is 0 Å². The third-order valence-corrected chi connectivity index (χ3v) is 2.35. The molecule has 0 radical (unpaired) electrons. The van der Waals surface area contributed by atoms with E-state index in [-0.39, 0.29) is 13.0 Å². The first-order chi connectivity index (χ1) is 7.63. The van der Waals surface area contributed by atoms with E-state index < -0.39 is 6.09 Å². The van der Waals surface area contributed by atoms with Gasteiger partial charge in [-0.1, -0.05) is 23.2 Å². The number of benzene rings is 1. The van der Waals surface area contributed by atoms with Gasteiger partial charge in [-0.2, -0.15) is 5.26 Å². The molecule has 0 aliphatic carbocycles. The predicted molar refractivity (Wildman–Crippen MR) is 60.7 cm³/mol. The van der Waals surface area contributed by atoms with E-state index in [0.29, 0.717) is 15.8 Å². The molecule has 1 aromatic rings. The van der Waals surface area contributed by atoms with Gasteiger partial charge in [0.25, 0.3) is 0 Å². The Kier molecular flexibility index (Phi) is 4.90. The van der Waals surface area contributed by atoms with Crippen molar-refractivity contribution < 1.29 is 9.53 Å². The fourth-order valence-corrected chi connectivity index (χ4v) is 1.19. The highest BCUT2D eigenvalue weighted by atomic mass is 35.5. The minimum Gasteiger partial charge on any atom is -0.410 e. The Bertz CT molecular complexity index is 429. The van der Waals surface area contributed by atoms with Crippen LogP contribution in [0, 0.1) is 11.3 Å². The van der Waals surface area contributed by atoms with Crippen LogP contribution in [0.5, 0.6) is 5.75 Å². The molecule has 6 heteroatoms. The van der Waals surface area contributed by atoms with E-state index in [2.05, 4.69) is 5.32 Å². The summed E-state index contributed by atoms with van der Waals surface area (Å²) < 4.78 is 4.89. The van der Waals surface area contributed by atoms with E-state index in [1.165, 1.54) is 18.2 Å². The van der Waals surface area contributed by atoms with Crippen LogP contribution in [-0.2, 0) is 0 Å². The Labute approximate surface area is 103 Å². The fourth-order valence-electron chi connectivity index (χ4n) is 0.904. The number of hydrogen-bond donors (Lipinski definition) is 1. The van der Waals surface area contributed by atoms with Crippen molar-refractivity contribution >= 4 is 29.3 Å². The Morgan fingerprint density at radius 3 is 2.81 bits per heavy atom. The molecule has 0 saturated heterocycles. The zero-order valence-electron chi connectivity index (χ0n) is 8.17. The van der Waals surface area contributed by atoms with E-state index in [0.717, 1.165) is 0 Å². The molecule has 0 aliphatic rings. The van der Waals surface area contributed by atoms with Crippen molar-refractivity contribution in [2.24, 2.45) is 0 Å². The van der Waals surface area contributed by atoms with Crippen molar-refractivity contribution in [1.29, 1.82) is 5.26 Å². The standard InChI is InChI=1S/C10H8Cl2N2O2/c11-8-3-2-7(6-9(8)12)16-10(15)14-5-1-4-13/h2-3,6H,1,5H2,(H,14,15). The highest BCUT2D eigenvalue weighted by molar-refractivity contribution is 6.42. The van der Waals surface area contributed by atoms with Gasteiger partial charge in [-0.25, -0.2) is 4.79 Å². The molecule has 0 unspecified atom stereocenters. The van der Waals surface area contributed by atoms with Crippen LogP contribution >= 0.6 is 23.2 Å². The molecule has 0 spiro atoms. The van der Waals surface area contributed by atoms with Crippen LogP contribution in [0.2, 0.25) is 10.0 Å². The van der Waals surface area contributed by atoms with E-state index >= 15 is 0 Å². The molecule has 0 heterocycles. The molecule has 0 atom stereocenters. The van der Waals surface area contributed by atoms with Crippen molar-refractivity contribution in [2.75, 3.05) is 6.54 Å². The minimum atomic E-state index is -0.631. The van der Waals surface area contributed by atoms with Crippen molar-refractivity contribution in [3.8, 4) is 11.8 Å². The number of halogens is 2. The van der Waals surface area contributed by atoms with Gasteiger partial charge in [0.2, 0.25) is 0 Å². The second-order valence-electron chi connectivity index (χ2n) is 2.80. The lowest BCUT2D eigenvalue weighted by atomic mass is 10.3. The number of nitrogens with one attached hydrogen (secondary N) is 1. The highest BCUT2D eigenvalue weighted by Crippen LogP contribution is 2.26. The quantitative estimate of drug-likeness (QED) is 0.848. The largest absolute Gasteiger partial charge is 0.412 e. The maximum atomic E-state index is 11.2. The normalized spacial score (nSPS) is 9.31. The van der Waals surface area contributed by atoms with Gasteiger partial charge in [-0.05, 0) is 12.1 Å². The number of carbonyl (C=O) groups excluding carboxylic acids is 1. The molecular formula is C10H8Cl2N2O2. The van der Waals surface area contributed by atoms with Gasteiger partial charge in [0.1, 0.15) is 5.75 Å². The van der Waals surface area contributed by atoms with E-state index in [9.17, 15) is 4.79 Å². The SMILES string of the molecule is N#CCCNC(=O)Oc1ccc(Cl)c(Cl)c1. The molecule has 0 aromatic heterocycles. The van der Waals surface area contributed by atoms with Crippen LogP contribution < -0.4 is 10.1 Å². The number of ether oxygens (including phenoxy) is 1. The van der Waals surface area contributed by atoms with Crippen LogP contribution in [0.3, 0.4) is 0 Å². The molecule has 16 heavy (non-hydrogen) atoms. The summed E-state index contributed by atoms with van der Waals surface area (Å²) in [6.07, 6.45) is -0.398. The lowest BCUT2D eigenvalue weighted by Gasteiger charge is -2.05. The zero-order valence-corrected chi connectivity index (χ0v) is 9.68. The van der Waals surface area contributed by atoms with Crippen molar-refractivity contribution in [3.63, 3.8) is 0 Å². The number of hydrogen-bond acceptors (Lipinski definition) is 3. The topological polar surface area (TPSA) is 62.1 Å². The van der Waals surface area contributed by atoms with Crippen molar-refractivity contribution in [3.05, 3.63) is 28.2 Å². The molecule has 1 aromatic carbocycles. The molecule has 0 bridgehead atoms. The summed E-state index contributed by atoms with van der Waals surface area (Å²) in [7, 11) is 0. The lowest BCUT2D eigenvalue weighted by molar-refractivity contribution is 0.201. The van der Waals surface area contributed by atoms with E-state index in [1.807, 2.05) is 6.07 Å². The van der Waals surface area contributed by atoms with Gasteiger partial charge in [-0.3, -0.25) is 0 Å². The molecule has 1 N–H and O–H groups in total. The third kappa shape index (κ3) is 3.97.